The fourth-order valence-electron chi connectivity index (χ4n) is 4.04. The molecule has 0 radical (unpaired) electrons. The maximum absolute atomic E-state index is 13.1. The molecular formula is C21H25FN2. The van der Waals surface area contributed by atoms with Gasteiger partial charge < -0.3 is 0 Å². The Balaban J connectivity index is 1.42. The van der Waals surface area contributed by atoms with E-state index >= 15 is 0 Å². The van der Waals surface area contributed by atoms with E-state index < -0.39 is 0 Å². The van der Waals surface area contributed by atoms with Gasteiger partial charge in [0.05, 0.1) is 0 Å². The Bertz CT molecular complexity index is 710. The summed E-state index contributed by atoms with van der Waals surface area (Å²) in [5.74, 6) is -0.178. The highest BCUT2D eigenvalue weighted by atomic mass is 19.1. The minimum Gasteiger partial charge on any atom is -0.299 e. The van der Waals surface area contributed by atoms with E-state index in [4.69, 9.17) is 0 Å². The highest BCUT2D eigenvalue weighted by Crippen LogP contribution is 2.28. The third-order valence-electron chi connectivity index (χ3n) is 5.57. The van der Waals surface area contributed by atoms with E-state index in [1.165, 1.54) is 54.8 Å². The third kappa shape index (κ3) is 3.24. The van der Waals surface area contributed by atoms with Gasteiger partial charge in [-0.15, -0.1) is 0 Å². The molecule has 0 saturated carbocycles. The zero-order chi connectivity index (χ0) is 16.5. The quantitative estimate of drug-likeness (QED) is 0.828. The second kappa shape index (κ2) is 6.66. The maximum Gasteiger partial charge on any atom is 0.123 e. The van der Waals surface area contributed by atoms with Gasteiger partial charge in [0.1, 0.15) is 5.82 Å². The number of hydrogen-bond donors (Lipinski definition) is 0. The highest BCUT2D eigenvalue weighted by molar-refractivity contribution is 5.65. The smallest absolute Gasteiger partial charge is 0.123 e. The number of hydrogen-bond acceptors (Lipinski definition) is 2. The molecule has 126 valence electrons. The molecule has 2 aliphatic rings. The Morgan fingerprint density at radius 3 is 2.46 bits per heavy atom. The molecule has 4 rings (SSSR count). The molecule has 2 aromatic carbocycles. The molecule has 0 bridgehead atoms. The molecule has 1 atom stereocenters. The van der Waals surface area contributed by atoms with Gasteiger partial charge in [0.15, 0.2) is 0 Å². The van der Waals surface area contributed by atoms with Crippen LogP contribution >= 0.6 is 0 Å². The van der Waals surface area contributed by atoms with Crippen LogP contribution < -0.4 is 0 Å². The van der Waals surface area contributed by atoms with E-state index in [0.717, 1.165) is 31.2 Å². The number of nitrogens with zero attached hydrogens (tertiary/aromatic N) is 2. The SMILES string of the molecule is C[C@@H]1CCCN1CCN1Cc2ccc(-c3ccc(F)cc3)cc2C1. The molecule has 0 spiro atoms. The first-order valence-corrected chi connectivity index (χ1v) is 9.03. The molecular weight excluding hydrogens is 299 g/mol. The lowest BCUT2D eigenvalue weighted by Gasteiger charge is -2.24. The summed E-state index contributed by atoms with van der Waals surface area (Å²) in [4.78, 5) is 5.16. The van der Waals surface area contributed by atoms with Gasteiger partial charge in [-0.05, 0) is 66.8 Å². The normalized spacial score (nSPS) is 21.3. The summed E-state index contributed by atoms with van der Waals surface area (Å²) < 4.78 is 13.1. The summed E-state index contributed by atoms with van der Waals surface area (Å²) in [6, 6.07) is 14.2. The number of fused-ring (bicyclic) bond motifs is 1. The molecule has 2 heterocycles. The maximum atomic E-state index is 13.1. The third-order valence-corrected chi connectivity index (χ3v) is 5.57. The highest BCUT2D eigenvalue weighted by Gasteiger charge is 2.23. The Morgan fingerprint density at radius 2 is 1.71 bits per heavy atom. The minimum absolute atomic E-state index is 0.178. The standard InChI is InChI=1S/C21H25FN2/c1-16-3-2-10-24(16)12-11-23-14-19-5-4-18(13-20(19)15-23)17-6-8-21(22)9-7-17/h4-9,13,16H,2-3,10-12,14-15H2,1H3/t16-/m1/s1. The fourth-order valence-corrected chi connectivity index (χ4v) is 4.04. The van der Waals surface area contributed by atoms with Gasteiger partial charge >= 0.3 is 0 Å². The van der Waals surface area contributed by atoms with E-state index in [1.54, 1.807) is 0 Å². The van der Waals surface area contributed by atoms with Crippen molar-refractivity contribution in [3.63, 3.8) is 0 Å². The van der Waals surface area contributed by atoms with E-state index in [0.29, 0.717) is 0 Å². The van der Waals surface area contributed by atoms with Crippen LogP contribution in [0.25, 0.3) is 11.1 Å². The van der Waals surface area contributed by atoms with Crippen LogP contribution in [0.3, 0.4) is 0 Å². The van der Waals surface area contributed by atoms with Gasteiger partial charge in [-0.2, -0.15) is 0 Å². The molecule has 0 amide bonds. The number of rotatable bonds is 4. The summed E-state index contributed by atoms with van der Waals surface area (Å²) >= 11 is 0. The van der Waals surface area contributed by atoms with Gasteiger partial charge in [-0.3, -0.25) is 9.80 Å². The van der Waals surface area contributed by atoms with Gasteiger partial charge in [0.25, 0.3) is 0 Å². The Hall–Kier alpha value is -1.71. The van der Waals surface area contributed by atoms with Crippen molar-refractivity contribution in [3.8, 4) is 11.1 Å². The molecule has 0 aliphatic carbocycles. The van der Waals surface area contributed by atoms with Gasteiger partial charge in [0, 0.05) is 32.2 Å². The monoisotopic (exact) mass is 324 g/mol. The van der Waals surface area contributed by atoms with E-state index in [-0.39, 0.29) is 5.82 Å². The van der Waals surface area contributed by atoms with Crippen molar-refractivity contribution in [2.45, 2.75) is 38.9 Å². The van der Waals surface area contributed by atoms with Crippen molar-refractivity contribution in [3.05, 3.63) is 59.4 Å². The second-order valence-electron chi connectivity index (χ2n) is 7.23. The Morgan fingerprint density at radius 1 is 0.958 bits per heavy atom. The lowest BCUT2D eigenvalue weighted by atomic mass is 10.0. The summed E-state index contributed by atoms with van der Waals surface area (Å²) in [7, 11) is 0. The lowest BCUT2D eigenvalue weighted by Crippen LogP contribution is -2.34. The van der Waals surface area contributed by atoms with E-state index in [1.807, 2.05) is 12.1 Å². The summed E-state index contributed by atoms with van der Waals surface area (Å²) in [6.07, 6.45) is 2.70. The molecule has 2 aromatic rings. The number of halogens is 1. The Kier molecular flexibility index (Phi) is 4.38. The molecule has 1 fully saturated rings. The average Bonchev–Trinajstić information content (AvgIpc) is 3.18. The van der Waals surface area contributed by atoms with E-state index in [9.17, 15) is 4.39 Å². The molecule has 0 unspecified atom stereocenters. The number of benzene rings is 2. The van der Waals surface area contributed by atoms with Crippen LogP contribution in [0.1, 0.15) is 30.9 Å². The first kappa shape index (κ1) is 15.8. The van der Waals surface area contributed by atoms with Crippen LogP contribution in [0.4, 0.5) is 4.39 Å². The molecule has 0 N–H and O–H groups in total. The lowest BCUT2D eigenvalue weighted by molar-refractivity contribution is 0.201. The Labute approximate surface area is 143 Å². The molecule has 24 heavy (non-hydrogen) atoms. The van der Waals surface area contributed by atoms with Crippen LogP contribution in [-0.4, -0.2) is 35.5 Å². The largest absolute Gasteiger partial charge is 0.299 e. The van der Waals surface area contributed by atoms with Crippen LogP contribution in [0.5, 0.6) is 0 Å². The topological polar surface area (TPSA) is 6.48 Å². The van der Waals surface area contributed by atoms with Crippen molar-refractivity contribution < 1.29 is 4.39 Å². The predicted octanol–water partition coefficient (Wildman–Crippen LogP) is 4.29. The molecule has 0 aromatic heterocycles. The van der Waals surface area contributed by atoms with Crippen molar-refractivity contribution >= 4 is 0 Å². The second-order valence-corrected chi connectivity index (χ2v) is 7.23. The van der Waals surface area contributed by atoms with Gasteiger partial charge in [-0.25, -0.2) is 4.39 Å². The fraction of sp³-hybridized carbons (Fsp3) is 0.429. The van der Waals surface area contributed by atoms with Crippen molar-refractivity contribution in [1.29, 1.82) is 0 Å². The summed E-state index contributed by atoms with van der Waals surface area (Å²) in [5.41, 5.74) is 5.13. The predicted molar refractivity (Wildman–Crippen MR) is 96.2 cm³/mol. The van der Waals surface area contributed by atoms with Crippen molar-refractivity contribution in [2.24, 2.45) is 0 Å². The van der Waals surface area contributed by atoms with E-state index in [2.05, 4.69) is 34.9 Å². The minimum atomic E-state index is -0.178. The summed E-state index contributed by atoms with van der Waals surface area (Å²) in [6.45, 7) is 8.02. The first-order valence-electron chi connectivity index (χ1n) is 9.03. The molecule has 2 aliphatic heterocycles. The van der Waals surface area contributed by atoms with Crippen molar-refractivity contribution in [2.75, 3.05) is 19.6 Å². The molecule has 1 saturated heterocycles. The van der Waals surface area contributed by atoms with Crippen LogP contribution in [-0.2, 0) is 13.1 Å². The first-order chi connectivity index (χ1) is 11.7. The van der Waals surface area contributed by atoms with Crippen LogP contribution in [0.15, 0.2) is 42.5 Å². The number of likely N-dealkylation sites (tertiary alicyclic amines) is 1. The van der Waals surface area contributed by atoms with Crippen LogP contribution in [0.2, 0.25) is 0 Å². The zero-order valence-corrected chi connectivity index (χ0v) is 14.3. The van der Waals surface area contributed by atoms with Gasteiger partial charge in [0.2, 0.25) is 0 Å². The van der Waals surface area contributed by atoms with Crippen molar-refractivity contribution in [1.82, 2.24) is 9.80 Å². The zero-order valence-electron chi connectivity index (χ0n) is 14.3. The summed E-state index contributed by atoms with van der Waals surface area (Å²) in [5, 5.41) is 0. The van der Waals surface area contributed by atoms with Crippen LogP contribution in [0, 0.1) is 5.82 Å². The van der Waals surface area contributed by atoms with Gasteiger partial charge in [-0.1, -0.05) is 24.3 Å². The molecule has 2 nitrogen and oxygen atoms in total. The average molecular weight is 324 g/mol. The molecule has 3 heteroatoms.